The van der Waals surface area contributed by atoms with Crippen LogP contribution in [0.15, 0.2) is 130 Å². The number of halogens is 1. The van der Waals surface area contributed by atoms with Crippen LogP contribution < -0.4 is 0 Å². The molecule has 219 valence electrons. The van der Waals surface area contributed by atoms with Crippen molar-refractivity contribution < 1.29 is 37.4 Å². The zero-order valence-electron chi connectivity index (χ0n) is 26.5. The molecule has 0 saturated heterocycles. The van der Waals surface area contributed by atoms with Gasteiger partial charge >= 0.3 is 0 Å². The Labute approximate surface area is 275 Å². The number of nitrogens with zero attached hydrogens (tertiary/aromatic N) is 2. The molecule has 1 radical (unpaired) electrons. The van der Waals surface area contributed by atoms with Gasteiger partial charge in [-0.2, -0.15) is 0 Å². The molecule has 0 spiro atoms. The predicted octanol–water partition coefficient (Wildman–Crippen LogP) is 10.5. The van der Waals surface area contributed by atoms with Crippen molar-refractivity contribution in [1.29, 1.82) is 0 Å². The van der Waals surface area contributed by atoms with Gasteiger partial charge in [-0.25, -0.2) is 4.39 Å². The molecule has 9 aromatic rings. The average Bonchev–Trinajstić information content (AvgIpc) is 3.67. The van der Waals surface area contributed by atoms with Gasteiger partial charge in [-0.15, -0.1) is 54.1 Å². The molecule has 0 fully saturated rings. The third kappa shape index (κ3) is 5.08. The van der Waals surface area contributed by atoms with E-state index in [1.165, 1.54) is 24.4 Å². The molecule has 0 aliphatic rings. The molecule has 0 bridgehead atoms. The number of aromatic nitrogens is 2. The summed E-state index contributed by atoms with van der Waals surface area (Å²) in [4.78, 5) is 8.61. The van der Waals surface area contributed by atoms with Crippen LogP contribution in [0.5, 0.6) is 0 Å². The van der Waals surface area contributed by atoms with Crippen LogP contribution in [-0.4, -0.2) is 9.97 Å². The topological polar surface area (TPSA) is 52.1 Å². The third-order valence-electron chi connectivity index (χ3n) is 7.66. The average molecular weight is 766 g/mol. The Morgan fingerprint density at radius 3 is 2.07 bits per heavy atom. The Morgan fingerprint density at radius 2 is 1.33 bits per heavy atom. The van der Waals surface area contributed by atoms with Gasteiger partial charge in [-0.3, -0.25) is 0 Å². The van der Waals surface area contributed by atoms with Crippen molar-refractivity contribution in [3.63, 3.8) is 0 Å². The second kappa shape index (κ2) is 11.7. The molecule has 0 unspecified atom stereocenters. The molecule has 0 saturated carbocycles. The summed E-state index contributed by atoms with van der Waals surface area (Å²) in [6.45, 7) is -2.24. The summed E-state index contributed by atoms with van der Waals surface area (Å²) in [5.74, 6) is -0.347. The number of hydrogen-bond donors (Lipinski definition) is 0. The van der Waals surface area contributed by atoms with E-state index >= 15 is 0 Å². The number of furan rings is 2. The third-order valence-corrected chi connectivity index (χ3v) is 7.66. The number of hydrogen-bond acceptors (Lipinski definition) is 4. The van der Waals surface area contributed by atoms with E-state index in [4.69, 9.17) is 12.9 Å². The fourth-order valence-corrected chi connectivity index (χ4v) is 5.64. The van der Waals surface area contributed by atoms with Gasteiger partial charge in [-0.05, 0) is 60.7 Å². The molecule has 9 rings (SSSR count). The van der Waals surface area contributed by atoms with Crippen LogP contribution in [0.3, 0.4) is 0 Å². The van der Waals surface area contributed by atoms with E-state index in [2.05, 4.69) is 22.1 Å². The van der Waals surface area contributed by atoms with Gasteiger partial charge in [0.1, 0.15) is 22.6 Å². The SMILES string of the molecule is [2H]C([2H])([2H])c1ccnc(-c2[c-]ccc3c2oc2c3ccc3c2ccc2c4ccc(F)cc4oc23)c1.[Ir].[c-]1ccccc1-c1ccccn1. The van der Waals surface area contributed by atoms with Crippen molar-refractivity contribution in [3.8, 4) is 22.5 Å². The van der Waals surface area contributed by atoms with Crippen LogP contribution >= 0.6 is 0 Å². The van der Waals surface area contributed by atoms with Gasteiger partial charge in [0, 0.05) is 69.6 Å². The van der Waals surface area contributed by atoms with Gasteiger partial charge in [0.2, 0.25) is 0 Å². The molecule has 6 heteroatoms. The number of rotatable bonds is 2. The largest absolute Gasteiger partial charge is 0.500 e. The van der Waals surface area contributed by atoms with Crippen molar-refractivity contribution in [2.24, 2.45) is 0 Å². The molecule has 0 aliphatic heterocycles. The van der Waals surface area contributed by atoms with E-state index in [1.807, 2.05) is 72.8 Å². The minimum absolute atomic E-state index is 0. The molecular formula is C39H23FIrN2O2-2. The molecule has 4 aromatic heterocycles. The second-order valence-electron chi connectivity index (χ2n) is 10.3. The van der Waals surface area contributed by atoms with E-state index < -0.39 is 6.85 Å². The van der Waals surface area contributed by atoms with Crippen LogP contribution in [0.1, 0.15) is 9.68 Å². The molecule has 0 atom stereocenters. The summed E-state index contributed by atoms with van der Waals surface area (Å²) < 4.78 is 49.4. The van der Waals surface area contributed by atoms with Crippen LogP contribution in [0, 0.1) is 24.8 Å². The zero-order valence-corrected chi connectivity index (χ0v) is 25.9. The van der Waals surface area contributed by atoms with Crippen molar-refractivity contribution in [2.45, 2.75) is 6.85 Å². The number of aryl methyl sites for hydroxylation is 1. The van der Waals surface area contributed by atoms with Crippen molar-refractivity contribution in [1.82, 2.24) is 9.97 Å². The summed E-state index contributed by atoms with van der Waals surface area (Å²) in [6, 6.07) is 39.2. The minimum atomic E-state index is -2.24. The maximum Gasteiger partial charge on any atom is 0.143 e. The van der Waals surface area contributed by atoms with Crippen LogP contribution in [0.2, 0.25) is 0 Å². The first-order valence-corrected chi connectivity index (χ1v) is 14.0. The smallest absolute Gasteiger partial charge is 0.143 e. The normalized spacial score (nSPS) is 12.4. The first kappa shape index (κ1) is 25.2. The zero-order chi connectivity index (χ0) is 32.1. The van der Waals surface area contributed by atoms with E-state index in [-0.39, 0.29) is 31.5 Å². The summed E-state index contributed by atoms with van der Waals surface area (Å²) in [5.41, 5.74) is 5.72. The van der Waals surface area contributed by atoms with E-state index in [9.17, 15) is 4.39 Å². The van der Waals surface area contributed by atoms with E-state index in [0.29, 0.717) is 33.6 Å². The number of benzene rings is 5. The summed E-state index contributed by atoms with van der Waals surface area (Å²) in [7, 11) is 0. The monoisotopic (exact) mass is 766 g/mol. The van der Waals surface area contributed by atoms with Gasteiger partial charge in [0.25, 0.3) is 0 Å². The molecule has 0 aliphatic carbocycles. The minimum Gasteiger partial charge on any atom is -0.500 e. The van der Waals surface area contributed by atoms with Gasteiger partial charge in [-0.1, -0.05) is 40.8 Å². The maximum absolute atomic E-state index is 13.8. The first-order chi connectivity index (χ1) is 22.8. The first-order valence-electron chi connectivity index (χ1n) is 15.5. The molecule has 5 aromatic carbocycles. The molecule has 4 nitrogen and oxygen atoms in total. The fraction of sp³-hybridized carbons (Fsp3) is 0.0256. The summed E-state index contributed by atoms with van der Waals surface area (Å²) in [5, 5.41) is 5.27. The molecule has 0 N–H and O–H groups in total. The second-order valence-corrected chi connectivity index (χ2v) is 10.3. The van der Waals surface area contributed by atoms with Crippen LogP contribution in [0.4, 0.5) is 4.39 Å². The fourth-order valence-electron chi connectivity index (χ4n) is 5.64. The molecular weight excluding hydrogens is 740 g/mol. The van der Waals surface area contributed by atoms with Crippen molar-refractivity contribution in [3.05, 3.63) is 145 Å². The molecule has 45 heavy (non-hydrogen) atoms. The van der Waals surface area contributed by atoms with Gasteiger partial charge in [0.05, 0.1) is 5.58 Å². The van der Waals surface area contributed by atoms with Crippen LogP contribution in [-0.2, 0) is 20.1 Å². The van der Waals surface area contributed by atoms with E-state index in [1.54, 1.807) is 24.4 Å². The van der Waals surface area contributed by atoms with Crippen molar-refractivity contribution in [2.75, 3.05) is 0 Å². The van der Waals surface area contributed by atoms with Crippen molar-refractivity contribution >= 4 is 54.6 Å². The molecule has 0 amide bonds. The summed E-state index contributed by atoms with van der Waals surface area (Å²) >= 11 is 0. The Hall–Kier alpha value is -5.16. The Kier molecular flexibility index (Phi) is 6.57. The Morgan fingerprint density at radius 1 is 0.622 bits per heavy atom. The Balaban J connectivity index is 0.000000237. The molecule has 4 heterocycles. The number of pyridine rings is 2. The van der Waals surface area contributed by atoms with E-state index in [0.717, 1.165) is 43.6 Å². The Bertz CT molecular complexity index is 2550. The predicted molar refractivity (Wildman–Crippen MR) is 174 cm³/mol. The number of fused-ring (bicyclic) bond motifs is 9. The van der Waals surface area contributed by atoms with Gasteiger partial charge < -0.3 is 18.8 Å². The maximum atomic E-state index is 13.8. The van der Waals surface area contributed by atoms with Crippen LogP contribution in [0.25, 0.3) is 77.2 Å². The van der Waals surface area contributed by atoms with Gasteiger partial charge in [0.15, 0.2) is 0 Å². The standard InChI is InChI=1S/C28H15FNO2.C11H8N.Ir/c1-15-11-12-30-24(13-15)23-4-2-3-18-20-9-10-21-22(27(20)32-28(18)23)8-7-19-17-6-5-16(29)14-25(17)31-26(19)21;1-2-6-10(7-3-1)11-8-4-5-9-12-11;/h2-3,5-14H,1H3;1-6,8-9H;/q2*-1;/i1D3;;. The summed E-state index contributed by atoms with van der Waals surface area (Å²) in [6.07, 6.45) is 3.28. The quantitative estimate of drug-likeness (QED) is 0.165.